The Morgan fingerprint density at radius 2 is 2.20 bits per heavy atom. The minimum Gasteiger partial charge on any atom is -0.494 e. The van der Waals surface area contributed by atoms with Gasteiger partial charge in [0.15, 0.2) is 11.6 Å². The van der Waals surface area contributed by atoms with Gasteiger partial charge in [0.25, 0.3) is 0 Å². The Kier molecular flexibility index (Phi) is 2.58. The van der Waals surface area contributed by atoms with Gasteiger partial charge in [-0.1, -0.05) is 11.6 Å². The van der Waals surface area contributed by atoms with Gasteiger partial charge in [0.2, 0.25) is 0 Å². The summed E-state index contributed by atoms with van der Waals surface area (Å²) < 4.78 is 23.4. The van der Waals surface area contributed by atoms with Crippen LogP contribution in [0.5, 0.6) is 5.75 Å². The molecule has 3 nitrogen and oxygen atoms in total. The van der Waals surface area contributed by atoms with Crippen LogP contribution in [-0.2, 0) is 10.3 Å². The minimum absolute atomic E-state index is 0.0258. The molecule has 1 aliphatic heterocycles. The number of benzene rings is 1. The molecule has 1 heterocycles. The Labute approximate surface area is 91.4 Å². The number of methoxy groups -OCH3 is 1. The Morgan fingerprint density at radius 1 is 1.53 bits per heavy atom. The largest absolute Gasteiger partial charge is 0.494 e. The zero-order valence-electron chi connectivity index (χ0n) is 8.09. The first-order valence-corrected chi connectivity index (χ1v) is 4.78. The summed E-state index contributed by atoms with van der Waals surface area (Å²) in [6.07, 6.45) is 0. The van der Waals surface area contributed by atoms with E-state index in [-0.39, 0.29) is 24.5 Å². The van der Waals surface area contributed by atoms with Crippen molar-refractivity contribution in [3.63, 3.8) is 0 Å². The molecule has 0 aromatic heterocycles. The topological polar surface area (TPSA) is 38.7 Å². The normalized spacial score (nSPS) is 18.4. The van der Waals surface area contributed by atoms with Crippen molar-refractivity contribution in [3.05, 3.63) is 28.5 Å². The van der Waals surface area contributed by atoms with E-state index in [1.165, 1.54) is 19.2 Å². The molecule has 2 rings (SSSR count). The number of halogens is 2. The molecule has 1 aromatic rings. The number of rotatable bonds is 2. The molecule has 0 radical (unpaired) electrons. The number of hydrogen-bond donors (Lipinski definition) is 1. The van der Waals surface area contributed by atoms with Gasteiger partial charge < -0.3 is 14.6 Å². The molecule has 5 heteroatoms. The van der Waals surface area contributed by atoms with Crippen LogP contribution in [0.2, 0.25) is 5.02 Å². The van der Waals surface area contributed by atoms with Gasteiger partial charge in [0, 0.05) is 16.7 Å². The Balaban J connectivity index is 2.50. The fourth-order valence-electron chi connectivity index (χ4n) is 1.50. The number of hydrogen-bond acceptors (Lipinski definition) is 3. The SMILES string of the molecule is COc1cc(Cl)cc(C2(O)COC2)c1F. The third-order valence-electron chi connectivity index (χ3n) is 2.41. The summed E-state index contributed by atoms with van der Waals surface area (Å²) >= 11 is 5.79. The van der Waals surface area contributed by atoms with E-state index < -0.39 is 11.4 Å². The molecule has 1 aliphatic rings. The Hall–Kier alpha value is -0.840. The lowest BCUT2D eigenvalue weighted by Gasteiger charge is -2.37. The van der Waals surface area contributed by atoms with Gasteiger partial charge in [-0.15, -0.1) is 0 Å². The summed E-state index contributed by atoms with van der Waals surface area (Å²) in [5, 5.41) is 10.3. The first-order chi connectivity index (χ1) is 7.07. The van der Waals surface area contributed by atoms with Gasteiger partial charge >= 0.3 is 0 Å². The first-order valence-electron chi connectivity index (χ1n) is 4.40. The lowest BCUT2D eigenvalue weighted by atomic mass is 9.91. The molecule has 0 spiro atoms. The summed E-state index contributed by atoms with van der Waals surface area (Å²) in [6, 6.07) is 2.76. The van der Waals surface area contributed by atoms with Crippen LogP contribution in [0.15, 0.2) is 12.1 Å². The van der Waals surface area contributed by atoms with Gasteiger partial charge in [0.05, 0.1) is 20.3 Å². The van der Waals surface area contributed by atoms with E-state index in [9.17, 15) is 9.50 Å². The highest BCUT2D eigenvalue weighted by molar-refractivity contribution is 6.30. The molecule has 0 amide bonds. The molecule has 15 heavy (non-hydrogen) atoms. The molecule has 1 saturated heterocycles. The van der Waals surface area contributed by atoms with Crippen LogP contribution in [0.3, 0.4) is 0 Å². The Bertz CT molecular complexity index is 390. The fourth-order valence-corrected chi connectivity index (χ4v) is 1.71. The molecule has 1 aromatic carbocycles. The van der Waals surface area contributed by atoms with E-state index in [1.54, 1.807) is 0 Å². The lowest BCUT2D eigenvalue weighted by molar-refractivity contribution is -0.186. The van der Waals surface area contributed by atoms with Crippen molar-refractivity contribution in [2.24, 2.45) is 0 Å². The second-order valence-electron chi connectivity index (χ2n) is 3.49. The third-order valence-corrected chi connectivity index (χ3v) is 2.63. The van der Waals surface area contributed by atoms with E-state index >= 15 is 0 Å². The maximum atomic E-state index is 13.8. The second-order valence-corrected chi connectivity index (χ2v) is 3.93. The molecule has 0 atom stereocenters. The van der Waals surface area contributed by atoms with Gasteiger partial charge in [-0.2, -0.15) is 0 Å². The molecular weight excluding hydrogens is 223 g/mol. The molecule has 0 aliphatic carbocycles. The van der Waals surface area contributed by atoms with Crippen LogP contribution in [0.1, 0.15) is 5.56 Å². The first kappa shape index (κ1) is 10.7. The summed E-state index contributed by atoms with van der Waals surface area (Å²) in [5.41, 5.74) is -1.15. The van der Waals surface area contributed by atoms with Gasteiger partial charge in [-0.25, -0.2) is 4.39 Å². The number of ether oxygens (including phenoxy) is 2. The van der Waals surface area contributed by atoms with Crippen molar-refractivity contribution in [2.45, 2.75) is 5.60 Å². The van der Waals surface area contributed by atoms with Crippen LogP contribution < -0.4 is 4.74 Å². The zero-order valence-corrected chi connectivity index (χ0v) is 8.84. The van der Waals surface area contributed by atoms with E-state index in [2.05, 4.69) is 0 Å². The summed E-state index contributed by atoms with van der Waals surface area (Å²) in [6.45, 7) is 0.154. The summed E-state index contributed by atoms with van der Waals surface area (Å²) in [5.74, 6) is -0.564. The van der Waals surface area contributed by atoms with E-state index in [0.717, 1.165) is 0 Å². The van der Waals surface area contributed by atoms with E-state index in [1.807, 2.05) is 0 Å². The monoisotopic (exact) mass is 232 g/mol. The van der Waals surface area contributed by atoms with Crippen LogP contribution in [0.25, 0.3) is 0 Å². The van der Waals surface area contributed by atoms with Gasteiger partial charge in [0.1, 0.15) is 5.60 Å². The van der Waals surface area contributed by atoms with E-state index in [4.69, 9.17) is 21.1 Å². The van der Waals surface area contributed by atoms with Crippen LogP contribution in [0.4, 0.5) is 4.39 Å². The van der Waals surface area contributed by atoms with Crippen LogP contribution in [0, 0.1) is 5.82 Å². The maximum absolute atomic E-state index is 13.8. The predicted molar refractivity (Wildman–Crippen MR) is 52.7 cm³/mol. The number of aliphatic hydroxyl groups is 1. The fraction of sp³-hybridized carbons (Fsp3) is 0.400. The van der Waals surface area contributed by atoms with Crippen LogP contribution in [-0.4, -0.2) is 25.4 Å². The average Bonchev–Trinajstić information content (AvgIpc) is 2.17. The second kappa shape index (κ2) is 3.63. The highest BCUT2D eigenvalue weighted by atomic mass is 35.5. The van der Waals surface area contributed by atoms with Crippen molar-refractivity contribution in [1.82, 2.24) is 0 Å². The summed E-state index contributed by atoms with van der Waals surface area (Å²) in [4.78, 5) is 0. The highest BCUT2D eigenvalue weighted by Gasteiger charge is 2.41. The molecule has 0 unspecified atom stereocenters. The third kappa shape index (κ3) is 1.69. The summed E-state index contributed by atoms with van der Waals surface area (Å²) in [7, 11) is 1.35. The van der Waals surface area contributed by atoms with Crippen molar-refractivity contribution >= 4 is 11.6 Å². The molecular formula is C10H10ClFO3. The molecule has 1 N–H and O–H groups in total. The van der Waals surface area contributed by atoms with Crippen molar-refractivity contribution < 1.29 is 19.0 Å². The van der Waals surface area contributed by atoms with Crippen molar-refractivity contribution in [1.29, 1.82) is 0 Å². The van der Waals surface area contributed by atoms with Gasteiger partial charge in [-0.3, -0.25) is 0 Å². The van der Waals surface area contributed by atoms with Crippen LogP contribution >= 0.6 is 11.6 Å². The highest BCUT2D eigenvalue weighted by Crippen LogP contribution is 2.36. The molecule has 0 bridgehead atoms. The molecule has 1 fully saturated rings. The lowest BCUT2D eigenvalue weighted by Crippen LogP contribution is -2.47. The smallest absolute Gasteiger partial charge is 0.171 e. The standard InChI is InChI=1S/C10H10ClFO3/c1-14-8-3-6(11)2-7(9(8)12)10(13)4-15-5-10/h2-3,13H,4-5H2,1H3. The Morgan fingerprint density at radius 3 is 2.67 bits per heavy atom. The quantitative estimate of drug-likeness (QED) is 0.844. The van der Waals surface area contributed by atoms with Gasteiger partial charge in [-0.05, 0) is 6.07 Å². The van der Waals surface area contributed by atoms with E-state index in [0.29, 0.717) is 5.02 Å². The van der Waals surface area contributed by atoms with Crippen molar-refractivity contribution in [2.75, 3.05) is 20.3 Å². The molecule has 0 saturated carbocycles. The molecule has 82 valence electrons. The minimum atomic E-state index is -1.28. The van der Waals surface area contributed by atoms with Crippen molar-refractivity contribution in [3.8, 4) is 5.75 Å². The maximum Gasteiger partial charge on any atom is 0.171 e. The predicted octanol–water partition coefficient (Wildman–Crippen LogP) is 1.71. The zero-order chi connectivity index (χ0) is 11.1. The average molecular weight is 233 g/mol.